The molecule has 5 heteroatoms. The first-order valence-corrected chi connectivity index (χ1v) is 7.33. The number of para-hydroxylation sites is 1. The van der Waals surface area contributed by atoms with Gasteiger partial charge in [0.05, 0.1) is 11.0 Å². The molecule has 2 aromatic carbocycles. The van der Waals surface area contributed by atoms with Gasteiger partial charge >= 0.3 is 5.69 Å². The maximum Gasteiger partial charge on any atom is 0.326 e. The number of nitrogens with one attached hydrogen (secondary N) is 2. The summed E-state index contributed by atoms with van der Waals surface area (Å²) in [4.78, 5) is 17.1. The molecule has 0 amide bonds. The molecule has 114 valence electrons. The van der Waals surface area contributed by atoms with E-state index in [-0.39, 0.29) is 5.69 Å². The molecular formula is C17H20N4O. The van der Waals surface area contributed by atoms with E-state index in [9.17, 15) is 4.79 Å². The number of hydrogen-bond acceptors (Lipinski definition) is 3. The largest absolute Gasteiger partial charge is 0.355 e. The minimum Gasteiger partial charge on any atom is -0.355 e. The quantitative estimate of drug-likeness (QED) is 0.761. The van der Waals surface area contributed by atoms with Gasteiger partial charge < -0.3 is 15.2 Å². The minimum absolute atomic E-state index is 0.0614. The molecule has 0 saturated carbocycles. The number of benzene rings is 2. The van der Waals surface area contributed by atoms with Crippen molar-refractivity contribution >= 4 is 22.4 Å². The van der Waals surface area contributed by atoms with Crippen molar-refractivity contribution in [3.63, 3.8) is 0 Å². The maximum atomic E-state index is 12.1. The van der Waals surface area contributed by atoms with Crippen LogP contribution < -0.4 is 11.0 Å². The molecule has 0 bridgehead atoms. The average Bonchev–Trinajstić information content (AvgIpc) is 2.81. The van der Waals surface area contributed by atoms with Gasteiger partial charge in [-0.15, -0.1) is 0 Å². The van der Waals surface area contributed by atoms with Crippen molar-refractivity contribution < 1.29 is 0 Å². The van der Waals surface area contributed by atoms with Crippen molar-refractivity contribution in [3.8, 4) is 0 Å². The van der Waals surface area contributed by atoms with E-state index in [0.717, 1.165) is 29.0 Å². The summed E-state index contributed by atoms with van der Waals surface area (Å²) in [5.41, 5.74) is 3.71. The topological polar surface area (TPSA) is 53.1 Å². The van der Waals surface area contributed by atoms with E-state index in [4.69, 9.17) is 0 Å². The van der Waals surface area contributed by atoms with Gasteiger partial charge in [-0.1, -0.05) is 18.2 Å². The number of fused-ring (bicyclic) bond motifs is 1. The lowest BCUT2D eigenvalue weighted by Gasteiger charge is -2.10. The second-order valence-electron chi connectivity index (χ2n) is 5.61. The van der Waals surface area contributed by atoms with Crippen molar-refractivity contribution in [3.05, 3.63) is 59.0 Å². The zero-order valence-corrected chi connectivity index (χ0v) is 12.8. The number of H-pyrrole nitrogens is 1. The summed E-state index contributed by atoms with van der Waals surface area (Å²) in [7, 11) is 4.00. The third kappa shape index (κ3) is 3.04. The lowest BCUT2D eigenvalue weighted by Crippen LogP contribution is -2.24. The Balaban J connectivity index is 1.89. The molecule has 5 nitrogen and oxygen atoms in total. The summed E-state index contributed by atoms with van der Waals surface area (Å²) in [6.07, 6.45) is 0. The van der Waals surface area contributed by atoms with Crippen molar-refractivity contribution in [1.29, 1.82) is 0 Å². The Morgan fingerprint density at radius 2 is 1.86 bits per heavy atom. The molecule has 0 unspecified atom stereocenters. The van der Waals surface area contributed by atoms with Crippen molar-refractivity contribution in [2.24, 2.45) is 0 Å². The van der Waals surface area contributed by atoms with Crippen LogP contribution in [0.5, 0.6) is 0 Å². The lowest BCUT2D eigenvalue weighted by molar-refractivity contribution is 0.384. The van der Waals surface area contributed by atoms with Crippen LogP contribution in [-0.4, -0.2) is 35.1 Å². The molecule has 0 aliphatic rings. The Morgan fingerprint density at radius 3 is 2.59 bits per heavy atom. The lowest BCUT2D eigenvalue weighted by atomic mass is 10.2. The van der Waals surface area contributed by atoms with Crippen LogP contribution in [0, 0.1) is 0 Å². The number of hydrogen-bond donors (Lipinski definition) is 2. The van der Waals surface area contributed by atoms with Crippen molar-refractivity contribution in [2.45, 2.75) is 6.54 Å². The number of likely N-dealkylation sites (N-methyl/N-ethyl adjacent to an activating group) is 1. The number of imidazole rings is 1. The number of nitrogens with zero attached hydrogens (tertiary/aromatic N) is 2. The zero-order valence-electron chi connectivity index (χ0n) is 12.8. The molecule has 0 aliphatic carbocycles. The molecule has 0 fully saturated rings. The molecule has 0 radical (unpaired) electrons. The van der Waals surface area contributed by atoms with Crippen molar-refractivity contribution in [2.75, 3.05) is 26.0 Å². The van der Waals surface area contributed by atoms with Gasteiger partial charge in [0.2, 0.25) is 0 Å². The summed E-state index contributed by atoms with van der Waals surface area (Å²) < 4.78 is 1.78. The second kappa shape index (κ2) is 6.07. The third-order valence-electron chi connectivity index (χ3n) is 3.61. The summed E-state index contributed by atoms with van der Waals surface area (Å²) in [6.45, 7) is 1.51. The number of aromatic nitrogens is 2. The first-order chi connectivity index (χ1) is 10.6. The molecule has 0 saturated heterocycles. The van der Waals surface area contributed by atoms with Crippen LogP contribution in [0.15, 0.2) is 53.3 Å². The van der Waals surface area contributed by atoms with Crippen LogP contribution in [0.3, 0.4) is 0 Å². The smallest absolute Gasteiger partial charge is 0.326 e. The van der Waals surface area contributed by atoms with Crippen molar-refractivity contribution in [1.82, 2.24) is 14.5 Å². The van der Waals surface area contributed by atoms with E-state index in [1.807, 2.05) is 62.6 Å². The van der Waals surface area contributed by atoms with Crippen LogP contribution in [0.4, 0.5) is 11.4 Å². The number of aromatic amines is 1. The fraction of sp³-hybridized carbons (Fsp3) is 0.235. The highest BCUT2D eigenvalue weighted by Gasteiger charge is 2.07. The highest BCUT2D eigenvalue weighted by atomic mass is 16.1. The molecular weight excluding hydrogens is 276 g/mol. The Labute approximate surface area is 129 Å². The van der Waals surface area contributed by atoms with E-state index in [1.54, 1.807) is 4.57 Å². The molecule has 0 atom stereocenters. The van der Waals surface area contributed by atoms with Crippen LogP contribution in [0.25, 0.3) is 11.0 Å². The highest BCUT2D eigenvalue weighted by molar-refractivity contribution is 5.80. The standard InChI is InChI=1S/C17H20N4O/c1-20(2)10-11-21-16-9-8-14(12-15(16)19-17(21)22)18-13-6-4-3-5-7-13/h3-9,12,18H,10-11H2,1-2H3,(H,19,22). The Kier molecular flexibility index (Phi) is 3.98. The van der Waals surface area contributed by atoms with E-state index < -0.39 is 0 Å². The van der Waals surface area contributed by atoms with Gasteiger partial charge in [-0.25, -0.2) is 4.79 Å². The Bertz CT molecular complexity index is 818. The average molecular weight is 296 g/mol. The molecule has 0 spiro atoms. The van der Waals surface area contributed by atoms with E-state index in [1.165, 1.54) is 0 Å². The summed E-state index contributed by atoms with van der Waals surface area (Å²) in [5.74, 6) is 0. The Hall–Kier alpha value is -2.53. The fourth-order valence-electron chi connectivity index (χ4n) is 2.45. The molecule has 22 heavy (non-hydrogen) atoms. The second-order valence-corrected chi connectivity index (χ2v) is 5.61. The zero-order chi connectivity index (χ0) is 15.5. The summed E-state index contributed by atoms with van der Waals surface area (Å²) in [5, 5.41) is 3.34. The molecule has 1 aromatic heterocycles. The summed E-state index contributed by atoms with van der Waals surface area (Å²) in [6, 6.07) is 15.9. The maximum absolute atomic E-state index is 12.1. The van der Waals surface area contributed by atoms with Crippen LogP contribution in [0.1, 0.15) is 0 Å². The van der Waals surface area contributed by atoms with E-state index >= 15 is 0 Å². The minimum atomic E-state index is -0.0614. The van der Waals surface area contributed by atoms with Gasteiger partial charge in [-0.05, 0) is 44.4 Å². The molecule has 3 rings (SSSR count). The molecule has 2 N–H and O–H groups in total. The predicted octanol–water partition coefficient (Wildman–Crippen LogP) is 2.63. The first-order valence-electron chi connectivity index (χ1n) is 7.33. The molecule has 3 aromatic rings. The predicted molar refractivity (Wildman–Crippen MR) is 90.8 cm³/mol. The van der Waals surface area contributed by atoms with Gasteiger partial charge in [0.1, 0.15) is 0 Å². The van der Waals surface area contributed by atoms with Crippen LogP contribution >= 0.6 is 0 Å². The van der Waals surface area contributed by atoms with Gasteiger partial charge in [0.25, 0.3) is 0 Å². The van der Waals surface area contributed by atoms with Gasteiger partial charge in [0.15, 0.2) is 0 Å². The van der Waals surface area contributed by atoms with Gasteiger partial charge in [0, 0.05) is 24.5 Å². The van der Waals surface area contributed by atoms with E-state index in [0.29, 0.717) is 6.54 Å². The number of rotatable bonds is 5. The SMILES string of the molecule is CN(C)CCn1c(=O)[nH]c2cc(Nc3ccccc3)ccc21. The normalized spacial score (nSPS) is 11.2. The monoisotopic (exact) mass is 296 g/mol. The number of anilines is 2. The fourth-order valence-corrected chi connectivity index (χ4v) is 2.45. The van der Waals surface area contributed by atoms with Gasteiger partial charge in [-0.2, -0.15) is 0 Å². The van der Waals surface area contributed by atoms with Crippen LogP contribution in [0.2, 0.25) is 0 Å². The van der Waals surface area contributed by atoms with E-state index in [2.05, 4.69) is 15.2 Å². The molecule has 1 heterocycles. The van der Waals surface area contributed by atoms with Crippen LogP contribution in [-0.2, 0) is 6.54 Å². The first kappa shape index (κ1) is 14.4. The summed E-state index contributed by atoms with van der Waals surface area (Å²) >= 11 is 0. The highest BCUT2D eigenvalue weighted by Crippen LogP contribution is 2.20. The Morgan fingerprint density at radius 1 is 1.09 bits per heavy atom. The van der Waals surface area contributed by atoms with Gasteiger partial charge in [-0.3, -0.25) is 4.57 Å². The third-order valence-corrected chi connectivity index (χ3v) is 3.61. The molecule has 0 aliphatic heterocycles.